The van der Waals surface area contributed by atoms with E-state index in [0.29, 0.717) is 18.8 Å². The van der Waals surface area contributed by atoms with E-state index in [1.165, 1.54) is 5.56 Å². The molecule has 0 fully saturated rings. The van der Waals surface area contributed by atoms with Crippen LogP contribution in [0.3, 0.4) is 0 Å². The van der Waals surface area contributed by atoms with Gasteiger partial charge in [-0.2, -0.15) is 0 Å². The molecule has 0 saturated heterocycles. The van der Waals surface area contributed by atoms with Gasteiger partial charge in [0.25, 0.3) is 0 Å². The molecule has 4 aromatic rings. The third kappa shape index (κ3) is 4.41. The van der Waals surface area contributed by atoms with E-state index in [0.717, 1.165) is 68.7 Å². The minimum absolute atomic E-state index is 0.432. The lowest BCUT2D eigenvalue weighted by atomic mass is 9.87. The van der Waals surface area contributed by atoms with Gasteiger partial charge in [0.15, 0.2) is 6.29 Å². The van der Waals surface area contributed by atoms with Crippen molar-refractivity contribution in [3.8, 4) is 17.2 Å². The number of benzene rings is 3. The highest BCUT2D eigenvalue weighted by Gasteiger charge is 2.36. The van der Waals surface area contributed by atoms with Crippen molar-refractivity contribution in [2.75, 3.05) is 6.61 Å². The van der Waals surface area contributed by atoms with Gasteiger partial charge in [-0.3, -0.25) is 4.79 Å². The lowest BCUT2D eigenvalue weighted by Gasteiger charge is -2.38. The highest BCUT2D eigenvalue weighted by molar-refractivity contribution is 7.17. The normalized spacial score (nSPS) is 17.0. The minimum Gasteiger partial charge on any atom is -0.489 e. The van der Waals surface area contributed by atoms with Crippen LogP contribution in [0.25, 0.3) is 10.1 Å². The number of thiophene rings is 1. The lowest BCUT2D eigenvalue weighted by Crippen LogP contribution is -2.42. The minimum atomic E-state index is -0.450. The van der Waals surface area contributed by atoms with Crippen molar-refractivity contribution in [2.24, 2.45) is 0 Å². The first kappa shape index (κ1) is 23.4. The second-order valence-corrected chi connectivity index (χ2v) is 10.5. The summed E-state index contributed by atoms with van der Waals surface area (Å²) in [6.45, 7) is 9.45. The summed E-state index contributed by atoms with van der Waals surface area (Å²) < 4.78 is 20.2. The van der Waals surface area contributed by atoms with Crippen LogP contribution in [0.1, 0.15) is 51.5 Å². The molecule has 0 amide bonds. The van der Waals surface area contributed by atoms with Crippen LogP contribution in [0.15, 0.2) is 53.9 Å². The molecule has 5 rings (SSSR count). The van der Waals surface area contributed by atoms with E-state index in [2.05, 4.69) is 39.8 Å². The van der Waals surface area contributed by atoms with E-state index in [-0.39, 0.29) is 0 Å². The fraction of sp³-hybridized carbons (Fsp3) is 0.300. The summed E-state index contributed by atoms with van der Waals surface area (Å²) in [6, 6.07) is 16.0. The van der Waals surface area contributed by atoms with Gasteiger partial charge >= 0.3 is 0 Å². The Kier molecular flexibility index (Phi) is 6.28. The predicted octanol–water partition coefficient (Wildman–Crippen LogP) is 7.38. The van der Waals surface area contributed by atoms with Gasteiger partial charge in [-0.1, -0.05) is 30.3 Å². The second-order valence-electron chi connectivity index (χ2n) is 9.56. The molecule has 4 nitrogen and oxygen atoms in total. The Hall–Kier alpha value is -3.31. The van der Waals surface area contributed by atoms with Crippen LogP contribution in [0.4, 0.5) is 0 Å². The molecule has 180 valence electrons. The molecule has 1 unspecified atom stereocenters. The number of fused-ring (bicyclic) bond motifs is 2. The van der Waals surface area contributed by atoms with Crippen LogP contribution in [0, 0.1) is 20.8 Å². The zero-order valence-corrected chi connectivity index (χ0v) is 21.5. The summed E-state index contributed by atoms with van der Waals surface area (Å²) in [5, 5.41) is 2.97. The van der Waals surface area contributed by atoms with Crippen LogP contribution in [-0.4, -0.2) is 18.5 Å². The summed E-state index contributed by atoms with van der Waals surface area (Å²) in [6.07, 6.45) is 2.65. The van der Waals surface area contributed by atoms with Gasteiger partial charge in [-0.15, -0.1) is 11.3 Å². The van der Waals surface area contributed by atoms with Gasteiger partial charge in [0.05, 0.1) is 0 Å². The monoisotopic (exact) mass is 486 g/mol. The standard InChI is InChI=1S/C30H30O4S/c1-19-20(2)28-24(21(3)27(19)32-17-22-8-6-5-7-9-22)12-14-30(4,34-28)18-33-26-11-10-23(16-31)29-25(26)13-15-35-29/h5-11,13,15-16H,12,14,17-18H2,1-4H3. The molecule has 1 aliphatic heterocycles. The third-order valence-corrected chi connectivity index (χ3v) is 8.02. The van der Waals surface area contributed by atoms with Crippen molar-refractivity contribution in [1.29, 1.82) is 0 Å². The van der Waals surface area contributed by atoms with Crippen molar-refractivity contribution in [3.05, 3.63) is 87.3 Å². The molecule has 1 aliphatic rings. The number of carbonyl (C=O) groups is 1. The quantitative estimate of drug-likeness (QED) is 0.256. The molecule has 0 aliphatic carbocycles. The molecular formula is C30H30O4S. The molecule has 1 aromatic heterocycles. The highest BCUT2D eigenvalue weighted by Crippen LogP contribution is 2.44. The van der Waals surface area contributed by atoms with Crippen LogP contribution < -0.4 is 14.2 Å². The summed E-state index contributed by atoms with van der Waals surface area (Å²) in [7, 11) is 0. The maximum absolute atomic E-state index is 11.4. The average molecular weight is 487 g/mol. The number of hydrogen-bond donors (Lipinski definition) is 0. The molecule has 3 aromatic carbocycles. The number of hydrogen-bond acceptors (Lipinski definition) is 5. The van der Waals surface area contributed by atoms with E-state index in [4.69, 9.17) is 14.2 Å². The maximum atomic E-state index is 11.4. The third-order valence-electron chi connectivity index (χ3n) is 7.06. The van der Waals surface area contributed by atoms with E-state index in [1.54, 1.807) is 11.3 Å². The molecule has 0 radical (unpaired) electrons. The molecule has 0 bridgehead atoms. The summed E-state index contributed by atoms with van der Waals surface area (Å²) >= 11 is 1.56. The van der Waals surface area contributed by atoms with Crippen LogP contribution in [-0.2, 0) is 13.0 Å². The SMILES string of the molecule is Cc1c(C)c2c(c(C)c1OCc1ccccc1)CCC(C)(COc1ccc(C=O)c3sccc13)O2. The van der Waals surface area contributed by atoms with Crippen LogP contribution in [0.5, 0.6) is 17.2 Å². The largest absolute Gasteiger partial charge is 0.489 e. The van der Waals surface area contributed by atoms with E-state index in [1.807, 2.05) is 41.8 Å². The van der Waals surface area contributed by atoms with E-state index >= 15 is 0 Å². The van der Waals surface area contributed by atoms with Gasteiger partial charge in [-0.25, -0.2) is 0 Å². The maximum Gasteiger partial charge on any atom is 0.151 e. The van der Waals surface area contributed by atoms with E-state index in [9.17, 15) is 4.79 Å². The molecule has 2 heterocycles. The average Bonchev–Trinajstić information content (AvgIpc) is 3.37. The lowest BCUT2D eigenvalue weighted by molar-refractivity contribution is 0.0171. The van der Waals surface area contributed by atoms with Gasteiger partial charge in [0.1, 0.15) is 36.1 Å². The van der Waals surface area contributed by atoms with Crippen molar-refractivity contribution >= 4 is 27.7 Å². The summed E-state index contributed by atoms with van der Waals surface area (Å²) in [5.74, 6) is 2.71. The highest BCUT2D eigenvalue weighted by atomic mass is 32.1. The van der Waals surface area contributed by atoms with Crippen molar-refractivity contribution in [3.63, 3.8) is 0 Å². The molecule has 35 heavy (non-hydrogen) atoms. The van der Waals surface area contributed by atoms with Crippen LogP contribution in [0.2, 0.25) is 0 Å². The van der Waals surface area contributed by atoms with Gasteiger partial charge < -0.3 is 14.2 Å². The molecule has 0 spiro atoms. The Morgan fingerprint density at radius 2 is 1.80 bits per heavy atom. The fourth-order valence-corrected chi connectivity index (χ4v) is 5.72. The molecule has 0 N–H and O–H groups in total. The first-order chi connectivity index (χ1) is 16.9. The van der Waals surface area contributed by atoms with Crippen molar-refractivity contribution < 1.29 is 19.0 Å². The zero-order valence-electron chi connectivity index (χ0n) is 20.6. The topological polar surface area (TPSA) is 44.8 Å². The van der Waals surface area contributed by atoms with Crippen molar-refractivity contribution in [2.45, 2.75) is 52.7 Å². The predicted molar refractivity (Wildman–Crippen MR) is 141 cm³/mol. The molecular weight excluding hydrogens is 456 g/mol. The van der Waals surface area contributed by atoms with Gasteiger partial charge in [0.2, 0.25) is 0 Å². The Bertz CT molecular complexity index is 1390. The molecule has 5 heteroatoms. The summed E-state index contributed by atoms with van der Waals surface area (Å²) in [4.78, 5) is 11.4. The number of carbonyl (C=O) groups excluding carboxylic acids is 1. The molecule has 1 atom stereocenters. The first-order valence-corrected chi connectivity index (χ1v) is 12.8. The van der Waals surface area contributed by atoms with Gasteiger partial charge in [0, 0.05) is 21.2 Å². The molecule has 0 saturated carbocycles. The fourth-order valence-electron chi connectivity index (χ4n) is 4.84. The number of rotatable bonds is 7. The Balaban J connectivity index is 1.36. The zero-order chi connectivity index (χ0) is 24.6. The smallest absolute Gasteiger partial charge is 0.151 e. The Labute approximate surface area is 210 Å². The number of ether oxygens (including phenoxy) is 3. The van der Waals surface area contributed by atoms with E-state index < -0.39 is 5.60 Å². The van der Waals surface area contributed by atoms with Gasteiger partial charge in [-0.05, 0) is 86.4 Å². The van der Waals surface area contributed by atoms with Crippen molar-refractivity contribution in [1.82, 2.24) is 0 Å². The van der Waals surface area contributed by atoms with Crippen LogP contribution >= 0.6 is 11.3 Å². The Morgan fingerprint density at radius 1 is 1.00 bits per heavy atom. The number of aldehydes is 1. The second kappa shape index (κ2) is 9.38. The Morgan fingerprint density at radius 3 is 2.57 bits per heavy atom. The summed E-state index contributed by atoms with van der Waals surface area (Å²) in [5.41, 5.74) is 6.03. The first-order valence-electron chi connectivity index (χ1n) is 12.0.